The van der Waals surface area contributed by atoms with Gasteiger partial charge in [-0.1, -0.05) is 17.7 Å². The summed E-state index contributed by atoms with van der Waals surface area (Å²) < 4.78 is 11.2. The third-order valence-corrected chi connectivity index (χ3v) is 3.45. The van der Waals surface area contributed by atoms with Gasteiger partial charge in [0.15, 0.2) is 11.5 Å². The van der Waals surface area contributed by atoms with E-state index in [4.69, 9.17) is 21.1 Å². The van der Waals surface area contributed by atoms with Crippen LogP contribution in [0.25, 0.3) is 0 Å². The van der Waals surface area contributed by atoms with E-state index in [1.54, 1.807) is 36.5 Å². The predicted octanol–water partition coefficient (Wildman–Crippen LogP) is 2.98. The van der Waals surface area contributed by atoms with Gasteiger partial charge in [-0.05, 0) is 29.8 Å². The summed E-state index contributed by atoms with van der Waals surface area (Å²) in [6.45, 7) is 1.25. The summed E-state index contributed by atoms with van der Waals surface area (Å²) in [6, 6.07) is 8.80. The number of hydrogen-bond acceptors (Lipinski definition) is 4. The van der Waals surface area contributed by atoms with E-state index in [1.165, 1.54) is 0 Å². The molecule has 4 nitrogen and oxygen atoms in total. The van der Waals surface area contributed by atoms with Crippen molar-refractivity contribution >= 4 is 11.6 Å². The molecule has 1 atom stereocenters. The van der Waals surface area contributed by atoms with Crippen LogP contribution in [0, 0.1) is 0 Å². The zero-order chi connectivity index (χ0) is 13.9. The minimum Gasteiger partial charge on any atom is -0.490 e. The molecule has 0 fully saturated rings. The third-order valence-electron chi connectivity index (χ3n) is 3.13. The summed E-state index contributed by atoms with van der Waals surface area (Å²) in [6.07, 6.45) is 1.56. The Morgan fingerprint density at radius 3 is 2.75 bits per heavy atom. The van der Waals surface area contributed by atoms with E-state index >= 15 is 0 Å². The fraction of sp³-hybridized carbons (Fsp3) is 0.267. The van der Waals surface area contributed by atoms with Gasteiger partial charge in [-0.2, -0.15) is 0 Å². The monoisotopic (exact) mass is 291 g/mol. The molecule has 3 rings (SSSR count). The van der Waals surface area contributed by atoms with Crippen LogP contribution in [0.15, 0.2) is 36.5 Å². The lowest BCUT2D eigenvalue weighted by Crippen LogP contribution is -2.04. The molecule has 0 bridgehead atoms. The van der Waals surface area contributed by atoms with Gasteiger partial charge in [0, 0.05) is 12.6 Å². The van der Waals surface area contributed by atoms with E-state index in [0.717, 1.165) is 6.42 Å². The number of aliphatic hydroxyl groups excluding tert-OH is 1. The van der Waals surface area contributed by atoms with Crippen LogP contribution in [0.3, 0.4) is 0 Å². The molecule has 1 aromatic carbocycles. The Morgan fingerprint density at radius 2 is 1.95 bits per heavy atom. The molecule has 0 spiro atoms. The van der Waals surface area contributed by atoms with Crippen LogP contribution in [-0.4, -0.2) is 23.3 Å². The number of hydrogen-bond donors (Lipinski definition) is 1. The smallest absolute Gasteiger partial charge is 0.161 e. The fourth-order valence-electron chi connectivity index (χ4n) is 2.11. The first kappa shape index (κ1) is 13.2. The molecule has 1 unspecified atom stereocenters. The number of benzene rings is 1. The van der Waals surface area contributed by atoms with Crippen molar-refractivity contribution in [2.24, 2.45) is 0 Å². The molecule has 5 heteroatoms. The molecular weight excluding hydrogens is 278 g/mol. The van der Waals surface area contributed by atoms with Gasteiger partial charge < -0.3 is 14.6 Å². The molecule has 20 heavy (non-hydrogen) atoms. The summed E-state index contributed by atoms with van der Waals surface area (Å²) in [4.78, 5) is 4.13. The van der Waals surface area contributed by atoms with Gasteiger partial charge in [0.05, 0.1) is 23.9 Å². The largest absolute Gasteiger partial charge is 0.490 e. The number of fused-ring (bicyclic) bond motifs is 1. The topological polar surface area (TPSA) is 51.6 Å². The number of aromatic nitrogens is 1. The summed E-state index contributed by atoms with van der Waals surface area (Å²) in [5, 5.41) is 10.8. The maximum Gasteiger partial charge on any atom is 0.161 e. The van der Waals surface area contributed by atoms with Crippen LogP contribution in [-0.2, 0) is 0 Å². The zero-order valence-electron chi connectivity index (χ0n) is 10.8. The molecule has 2 aromatic rings. The van der Waals surface area contributed by atoms with Gasteiger partial charge in [0.2, 0.25) is 0 Å². The minimum atomic E-state index is -0.888. The van der Waals surface area contributed by atoms with Crippen LogP contribution in [0.5, 0.6) is 11.5 Å². The first-order valence-electron chi connectivity index (χ1n) is 6.44. The standard InChI is InChI=1S/C15H14ClNO3/c16-11-3-1-6-17-14(11)15(18)10-4-5-12-13(9-10)20-8-2-7-19-12/h1,3-6,9,15,18H,2,7-8H2. The number of pyridine rings is 1. The van der Waals surface area contributed by atoms with Crippen molar-refractivity contribution in [2.45, 2.75) is 12.5 Å². The maximum atomic E-state index is 10.4. The average Bonchev–Trinajstić information content (AvgIpc) is 2.71. The molecule has 1 aliphatic rings. The Kier molecular flexibility index (Phi) is 3.76. The van der Waals surface area contributed by atoms with Gasteiger partial charge in [-0.15, -0.1) is 0 Å². The van der Waals surface area contributed by atoms with Crippen LogP contribution in [0.4, 0.5) is 0 Å². The van der Waals surface area contributed by atoms with Crippen LogP contribution >= 0.6 is 11.6 Å². The molecule has 1 aliphatic heterocycles. The second kappa shape index (κ2) is 5.69. The van der Waals surface area contributed by atoms with Crippen molar-refractivity contribution in [1.82, 2.24) is 4.98 Å². The fourth-order valence-corrected chi connectivity index (χ4v) is 2.33. The molecule has 1 aromatic heterocycles. The minimum absolute atomic E-state index is 0.434. The third kappa shape index (κ3) is 2.57. The second-order valence-electron chi connectivity index (χ2n) is 4.53. The molecule has 0 radical (unpaired) electrons. The van der Waals surface area contributed by atoms with Crippen molar-refractivity contribution in [3.05, 3.63) is 52.8 Å². The average molecular weight is 292 g/mol. The SMILES string of the molecule is OC(c1ccc2c(c1)OCCCO2)c1ncccc1Cl. The Bertz CT molecular complexity index is 618. The number of ether oxygens (including phenoxy) is 2. The Morgan fingerprint density at radius 1 is 1.15 bits per heavy atom. The van der Waals surface area contributed by atoms with E-state index in [0.29, 0.717) is 41.0 Å². The molecular formula is C15H14ClNO3. The van der Waals surface area contributed by atoms with E-state index in [-0.39, 0.29) is 0 Å². The molecule has 1 N–H and O–H groups in total. The van der Waals surface area contributed by atoms with Gasteiger partial charge >= 0.3 is 0 Å². The summed E-state index contributed by atoms with van der Waals surface area (Å²) in [5.74, 6) is 1.34. The zero-order valence-corrected chi connectivity index (χ0v) is 11.5. The van der Waals surface area contributed by atoms with E-state index in [2.05, 4.69) is 4.98 Å². The molecule has 2 heterocycles. The van der Waals surface area contributed by atoms with Gasteiger partial charge in [0.25, 0.3) is 0 Å². The van der Waals surface area contributed by atoms with Crippen molar-refractivity contribution < 1.29 is 14.6 Å². The van der Waals surface area contributed by atoms with Gasteiger partial charge in [0.1, 0.15) is 6.10 Å². The highest BCUT2D eigenvalue weighted by Gasteiger charge is 2.18. The maximum absolute atomic E-state index is 10.4. The van der Waals surface area contributed by atoms with Gasteiger partial charge in [-0.25, -0.2) is 0 Å². The normalized spacial score (nSPS) is 15.5. The number of halogens is 1. The number of aliphatic hydroxyl groups is 1. The molecule has 0 aliphatic carbocycles. The lowest BCUT2D eigenvalue weighted by molar-refractivity contribution is 0.214. The molecule has 104 valence electrons. The first-order chi connectivity index (χ1) is 9.75. The first-order valence-corrected chi connectivity index (χ1v) is 6.81. The molecule has 0 amide bonds. The Hall–Kier alpha value is -1.78. The summed E-state index contributed by atoms with van der Waals surface area (Å²) in [7, 11) is 0. The van der Waals surface area contributed by atoms with Gasteiger partial charge in [-0.3, -0.25) is 4.98 Å². The lowest BCUT2D eigenvalue weighted by Gasteiger charge is -2.14. The van der Waals surface area contributed by atoms with E-state index in [9.17, 15) is 5.11 Å². The van der Waals surface area contributed by atoms with Crippen molar-refractivity contribution in [1.29, 1.82) is 0 Å². The highest BCUT2D eigenvalue weighted by atomic mass is 35.5. The van der Waals surface area contributed by atoms with Crippen LogP contribution < -0.4 is 9.47 Å². The highest BCUT2D eigenvalue weighted by Crippen LogP contribution is 2.34. The van der Waals surface area contributed by atoms with E-state index in [1.807, 2.05) is 0 Å². The number of rotatable bonds is 2. The van der Waals surface area contributed by atoms with Crippen LogP contribution in [0.1, 0.15) is 23.8 Å². The van der Waals surface area contributed by atoms with E-state index < -0.39 is 6.10 Å². The number of nitrogens with zero attached hydrogens (tertiary/aromatic N) is 1. The molecule has 0 saturated heterocycles. The van der Waals surface area contributed by atoms with Crippen molar-refractivity contribution in [3.8, 4) is 11.5 Å². The van der Waals surface area contributed by atoms with Crippen molar-refractivity contribution in [2.75, 3.05) is 13.2 Å². The Balaban J connectivity index is 1.94. The predicted molar refractivity (Wildman–Crippen MR) is 75.4 cm³/mol. The highest BCUT2D eigenvalue weighted by molar-refractivity contribution is 6.31. The summed E-state index contributed by atoms with van der Waals surface area (Å²) in [5.41, 5.74) is 1.11. The van der Waals surface area contributed by atoms with Crippen molar-refractivity contribution in [3.63, 3.8) is 0 Å². The Labute approximate surface area is 121 Å². The van der Waals surface area contributed by atoms with Crippen LogP contribution in [0.2, 0.25) is 5.02 Å². The second-order valence-corrected chi connectivity index (χ2v) is 4.94. The lowest BCUT2D eigenvalue weighted by atomic mass is 10.1. The molecule has 0 saturated carbocycles. The quantitative estimate of drug-likeness (QED) is 0.924. The summed E-state index contributed by atoms with van der Waals surface area (Å²) >= 11 is 6.06.